The lowest BCUT2D eigenvalue weighted by Gasteiger charge is -2.40. The Balaban J connectivity index is 1.65. The van der Waals surface area contributed by atoms with Crippen molar-refractivity contribution in [1.29, 1.82) is 0 Å². The van der Waals surface area contributed by atoms with E-state index in [1.54, 1.807) is 18.2 Å². The van der Waals surface area contributed by atoms with Crippen LogP contribution in [0.2, 0.25) is 5.02 Å². The fourth-order valence-electron chi connectivity index (χ4n) is 3.18. The van der Waals surface area contributed by atoms with Gasteiger partial charge in [-0.2, -0.15) is 0 Å². The number of aromatic carboxylic acids is 1. The highest BCUT2D eigenvalue weighted by Gasteiger charge is 2.28. The Hall–Kier alpha value is -2.60. The Bertz CT molecular complexity index is 827. The predicted molar refractivity (Wildman–Crippen MR) is 99.7 cm³/mol. The van der Waals surface area contributed by atoms with Crippen LogP contribution in [0.3, 0.4) is 0 Å². The maximum Gasteiger partial charge on any atom is 0.354 e. The summed E-state index contributed by atoms with van der Waals surface area (Å²) in [7, 11) is 0. The Kier molecular flexibility index (Phi) is 5.42. The lowest BCUT2D eigenvalue weighted by atomic mass is 10.1. The van der Waals surface area contributed by atoms with Crippen LogP contribution in [0.5, 0.6) is 0 Å². The molecule has 7 heteroatoms. The van der Waals surface area contributed by atoms with Crippen molar-refractivity contribution in [3.8, 4) is 0 Å². The lowest BCUT2D eigenvalue weighted by molar-refractivity contribution is -0.132. The zero-order valence-electron chi connectivity index (χ0n) is 14.4. The van der Waals surface area contributed by atoms with Crippen LogP contribution >= 0.6 is 11.6 Å². The van der Waals surface area contributed by atoms with Gasteiger partial charge in [-0.25, -0.2) is 9.78 Å². The van der Waals surface area contributed by atoms with E-state index in [-0.39, 0.29) is 17.6 Å². The summed E-state index contributed by atoms with van der Waals surface area (Å²) in [6, 6.07) is 12.3. The van der Waals surface area contributed by atoms with E-state index in [9.17, 15) is 9.59 Å². The third-order valence-corrected chi connectivity index (χ3v) is 4.70. The predicted octanol–water partition coefficient (Wildman–Crippen LogP) is 2.71. The molecule has 1 unspecified atom stereocenters. The fourth-order valence-corrected chi connectivity index (χ4v) is 3.39. The minimum absolute atomic E-state index is 0.00529. The molecule has 1 aliphatic heterocycles. The molecule has 0 saturated carbocycles. The number of rotatable bonds is 4. The van der Waals surface area contributed by atoms with Crippen molar-refractivity contribution in [3.63, 3.8) is 0 Å². The van der Waals surface area contributed by atoms with Crippen molar-refractivity contribution in [2.75, 3.05) is 24.5 Å². The third kappa shape index (κ3) is 4.14. The van der Waals surface area contributed by atoms with E-state index in [0.29, 0.717) is 36.9 Å². The van der Waals surface area contributed by atoms with E-state index < -0.39 is 5.97 Å². The molecule has 1 aromatic heterocycles. The second-order valence-electron chi connectivity index (χ2n) is 6.38. The summed E-state index contributed by atoms with van der Waals surface area (Å²) in [5.41, 5.74) is 0.919. The number of halogens is 1. The molecule has 1 aromatic carbocycles. The van der Waals surface area contributed by atoms with E-state index in [0.717, 1.165) is 5.56 Å². The van der Waals surface area contributed by atoms with Crippen LogP contribution in [0.15, 0.2) is 42.5 Å². The van der Waals surface area contributed by atoms with Gasteiger partial charge in [-0.15, -0.1) is 0 Å². The molecule has 0 bridgehead atoms. The largest absolute Gasteiger partial charge is 0.477 e. The number of amides is 1. The molecule has 1 atom stereocenters. The van der Waals surface area contributed by atoms with Crippen molar-refractivity contribution >= 4 is 29.3 Å². The minimum Gasteiger partial charge on any atom is -0.477 e. The first kappa shape index (κ1) is 18.2. The first-order chi connectivity index (χ1) is 12.4. The van der Waals surface area contributed by atoms with Crippen molar-refractivity contribution in [3.05, 3.63) is 58.7 Å². The van der Waals surface area contributed by atoms with E-state index in [4.69, 9.17) is 16.7 Å². The third-order valence-electron chi connectivity index (χ3n) is 4.47. The van der Waals surface area contributed by atoms with Crippen molar-refractivity contribution < 1.29 is 14.7 Å². The molecule has 0 radical (unpaired) electrons. The smallest absolute Gasteiger partial charge is 0.354 e. The van der Waals surface area contributed by atoms with E-state index in [1.807, 2.05) is 34.9 Å². The maximum atomic E-state index is 12.6. The molecular weight excluding hydrogens is 354 g/mol. The van der Waals surface area contributed by atoms with Crippen LogP contribution in [-0.2, 0) is 11.2 Å². The SMILES string of the molecule is CC1CN(c2cccc(C(=O)O)n2)CCN1C(=O)Cc1cccc(Cl)c1. The van der Waals surface area contributed by atoms with Crippen LogP contribution in [-0.4, -0.2) is 52.5 Å². The van der Waals surface area contributed by atoms with Crippen molar-refractivity contribution in [1.82, 2.24) is 9.88 Å². The Morgan fingerprint density at radius 3 is 2.69 bits per heavy atom. The zero-order valence-corrected chi connectivity index (χ0v) is 15.2. The molecular formula is C19H20ClN3O3. The molecule has 6 nitrogen and oxygen atoms in total. The van der Waals surface area contributed by atoms with Gasteiger partial charge in [0, 0.05) is 30.7 Å². The number of benzene rings is 1. The Labute approximate surface area is 157 Å². The van der Waals surface area contributed by atoms with Crippen LogP contribution in [0.25, 0.3) is 0 Å². The van der Waals surface area contributed by atoms with Gasteiger partial charge in [-0.3, -0.25) is 4.79 Å². The number of pyridine rings is 1. The van der Waals surface area contributed by atoms with E-state index >= 15 is 0 Å². The molecule has 1 saturated heterocycles. The number of anilines is 1. The molecule has 26 heavy (non-hydrogen) atoms. The second-order valence-corrected chi connectivity index (χ2v) is 6.81. The van der Waals surface area contributed by atoms with Gasteiger partial charge in [-0.05, 0) is 36.8 Å². The zero-order chi connectivity index (χ0) is 18.7. The van der Waals surface area contributed by atoms with Crippen LogP contribution in [0, 0.1) is 0 Å². The van der Waals surface area contributed by atoms with Crippen LogP contribution in [0.4, 0.5) is 5.82 Å². The molecule has 2 heterocycles. The highest BCUT2D eigenvalue weighted by molar-refractivity contribution is 6.30. The van der Waals surface area contributed by atoms with Crippen LogP contribution in [0.1, 0.15) is 23.0 Å². The summed E-state index contributed by atoms with van der Waals surface area (Å²) in [4.78, 5) is 31.8. The molecule has 3 rings (SSSR count). The minimum atomic E-state index is -1.05. The number of hydrogen-bond donors (Lipinski definition) is 1. The molecule has 1 aliphatic rings. The number of carbonyl (C=O) groups is 2. The standard InChI is InChI=1S/C19H20ClN3O3/c1-13-12-22(17-7-3-6-16(21-17)19(25)26)8-9-23(13)18(24)11-14-4-2-5-15(20)10-14/h2-7,10,13H,8-9,11-12H2,1H3,(H,25,26). The normalized spacial score (nSPS) is 17.2. The van der Waals surface area contributed by atoms with Crippen molar-refractivity contribution in [2.24, 2.45) is 0 Å². The topological polar surface area (TPSA) is 73.7 Å². The molecule has 1 N–H and O–H groups in total. The van der Waals surface area contributed by atoms with Gasteiger partial charge in [0.15, 0.2) is 5.69 Å². The number of aromatic nitrogens is 1. The highest BCUT2D eigenvalue weighted by atomic mass is 35.5. The lowest BCUT2D eigenvalue weighted by Crippen LogP contribution is -2.54. The number of carboxylic acids is 1. The summed E-state index contributed by atoms with van der Waals surface area (Å²) in [6.07, 6.45) is 0.317. The van der Waals surface area contributed by atoms with Gasteiger partial charge in [0.1, 0.15) is 5.82 Å². The molecule has 1 amide bonds. The molecule has 1 fully saturated rings. The van der Waals surface area contributed by atoms with E-state index in [1.165, 1.54) is 6.07 Å². The number of carbonyl (C=O) groups excluding carboxylic acids is 1. The van der Waals surface area contributed by atoms with Gasteiger partial charge < -0.3 is 14.9 Å². The fraction of sp³-hybridized carbons (Fsp3) is 0.316. The average Bonchev–Trinajstić information content (AvgIpc) is 2.61. The average molecular weight is 374 g/mol. The van der Waals surface area contributed by atoms with Crippen molar-refractivity contribution in [2.45, 2.75) is 19.4 Å². The first-order valence-corrected chi connectivity index (χ1v) is 8.81. The molecule has 136 valence electrons. The highest BCUT2D eigenvalue weighted by Crippen LogP contribution is 2.19. The maximum absolute atomic E-state index is 12.6. The van der Waals surface area contributed by atoms with Crippen LogP contribution < -0.4 is 4.90 Å². The summed E-state index contributed by atoms with van der Waals surface area (Å²) >= 11 is 5.98. The number of piperazine rings is 1. The summed E-state index contributed by atoms with van der Waals surface area (Å²) in [5.74, 6) is -0.361. The summed E-state index contributed by atoms with van der Waals surface area (Å²) < 4.78 is 0. The number of nitrogens with zero attached hydrogens (tertiary/aromatic N) is 3. The monoisotopic (exact) mass is 373 g/mol. The second kappa shape index (κ2) is 7.74. The van der Waals surface area contributed by atoms with Gasteiger partial charge in [0.05, 0.1) is 6.42 Å². The molecule has 0 spiro atoms. The summed E-state index contributed by atoms with van der Waals surface area (Å²) in [6.45, 7) is 3.78. The number of carboxylic acid groups (broad SMARTS) is 1. The molecule has 2 aromatic rings. The summed E-state index contributed by atoms with van der Waals surface area (Å²) in [5, 5.41) is 9.71. The van der Waals surface area contributed by atoms with Gasteiger partial charge in [0.25, 0.3) is 0 Å². The van der Waals surface area contributed by atoms with Gasteiger partial charge >= 0.3 is 5.97 Å². The molecule has 0 aliphatic carbocycles. The Morgan fingerprint density at radius 1 is 1.23 bits per heavy atom. The first-order valence-electron chi connectivity index (χ1n) is 8.43. The van der Waals surface area contributed by atoms with Gasteiger partial charge in [0.2, 0.25) is 5.91 Å². The number of hydrogen-bond acceptors (Lipinski definition) is 4. The quantitative estimate of drug-likeness (QED) is 0.892. The van der Waals surface area contributed by atoms with Gasteiger partial charge in [-0.1, -0.05) is 29.8 Å². The van der Waals surface area contributed by atoms with E-state index in [2.05, 4.69) is 4.98 Å². The Morgan fingerprint density at radius 2 is 2.00 bits per heavy atom.